The number of diazo groups is 1. The molecule has 124 valence electrons. The molecule has 0 radical (unpaired) electrons. The molecule has 24 heavy (non-hydrogen) atoms. The van der Waals surface area contributed by atoms with Crippen LogP contribution in [-0.4, -0.2) is 13.0 Å². The van der Waals surface area contributed by atoms with Gasteiger partial charge in [0, 0.05) is 23.4 Å². The Kier molecular flexibility index (Phi) is 11.4. The van der Waals surface area contributed by atoms with Crippen molar-refractivity contribution in [3.63, 3.8) is 0 Å². The van der Waals surface area contributed by atoms with E-state index in [0.29, 0.717) is 22.7 Å². The summed E-state index contributed by atoms with van der Waals surface area (Å²) < 4.78 is 5.11. The minimum atomic E-state index is -0.931. The van der Waals surface area contributed by atoms with E-state index >= 15 is 0 Å². The summed E-state index contributed by atoms with van der Waals surface area (Å²) in [6, 6.07) is 12.2. The average molecular weight is 440 g/mol. The van der Waals surface area contributed by atoms with Crippen LogP contribution in [0.2, 0.25) is 0 Å². The number of nitrogens with zero attached hydrogens (tertiary/aromatic N) is 2. The van der Waals surface area contributed by atoms with Crippen LogP contribution < -0.4 is 22.5 Å². The molecule has 9 heteroatoms. The molecule has 0 fully saturated rings. The summed E-state index contributed by atoms with van der Waals surface area (Å²) in [4.78, 5) is 15.2. The summed E-state index contributed by atoms with van der Waals surface area (Å²) in [6.07, 6.45) is 0. The molecular weight excluding hydrogens is 426 g/mol. The SMILES string of the molecule is COc1cc(NC(=O)c2ccccc2)c(C)cc1[N+]#N.[Cl-].[Cl][Zn][Cl]. The molecule has 2 aromatic rings. The van der Waals surface area contributed by atoms with Gasteiger partial charge >= 0.3 is 40.2 Å². The zero-order chi connectivity index (χ0) is 17.2. The van der Waals surface area contributed by atoms with Crippen molar-refractivity contribution in [2.75, 3.05) is 12.4 Å². The maximum absolute atomic E-state index is 12.1. The summed E-state index contributed by atoms with van der Waals surface area (Å²) in [7, 11) is 11.4. The molecule has 2 aromatic carbocycles. The van der Waals surface area contributed by atoms with Crippen molar-refractivity contribution < 1.29 is 37.1 Å². The molecule has 2 rings (SSSR count). The van der Waals surface area contributed by atoms with Crippen LogP contribution in [0.1, 0.15) is 15.9 Å². The predicted molar refractivity (Wildman–Crippen MR) is 88.6 cm³/mol. The molecule has 0 spiro atoms. The summed E-state index contributed by atoms with van der Waals surface area (Å²) in [5, 5.41) is 11.7. The molecule has 0 heterocycles. The van der Waals surface area contributed by atoms with Crippen LogP contribution in [0, 0.1) is 12.3 Å². The molecular formula is C15H14Cl3N3O2Zn. The van der Waals surface area contributed by atoms with Gasteiger partial charge in [-0.1, -0.05) is 18.2 Å². The Bertz CT molecular complexity index is 709. The molecule has 0 unspecified atom stereocenters. The van der Waals surface area contributed by atoms with Gasteiger partial charge in [-0.3, -0.25) is 4.79 Å². The Hall–Kier alpha value is -1.38. The van der Waals surface area contributed by atoms with Crippen molar-refractivity contribution in [3.8, 4) is 5.75 Å². The Labute approximate surface area is 162 Å². The summed E-state index contributed by atoms with van der Waals surface area (Å²) in [5.41, 5.74) is 2.29. The van der Waals surface area contributed by atoms with Crippen LogP contribution in [0.15, 0.2) is 42.5 Å². The van der Waals surface area contributed by atoms with Gasteiger partial charge in [0.25, 0.3) is 5.91 Å². The standard InChI is InChI=1S/C15H13N3O2.3ClH.Zn/c1-10-8-13(18-16)14(20-2)9-12(10)17-15(19)11-6-4-3-5-7-11;;;;/h3-9H,1-2H3;3*1H;/q;;;;+2/p-2. The van der Waals surface area contributed by atoms with Gasteiger partial charge in [-0.15, -0.1) is 0 Å². The molecule has 1 amide bonds. The molecule has 0 atom stereocenters. The number of methoxy groups -OCH3 is 1. The van der Waals surface area contributed by atoms with Gasteiger partial charge in [0.1, 0.15) is 0 Å². The number of rotatable bonds is 3. The number of carbonyl (C=O) groups is 1. The first-order valence-electron chi connectivity index (χ1n) is 6.59. The molecule has 5 nitrogen and oxygen atoms in total. The van der Waals surface area contributed by atoms with E-state index < -0.39 is 15.1 Å². The Morgan fingerprint density at radius 1 is 1.25 bits per heavy atom. The van der Waals surface area contributed by atoms with Crippen LogP contribution in [-0.2, 0) is 15.1 Å². The van der Waals surface area contributed by atoms with E-state index in [9.17, 15) is 4.79 Å². The van der Waals surface area contributed by atoms with Crippen LogP contribution in [0.25, 0.3) is 4.98 Å². The Morgan fingerprint density at radius 2 is 1.83 bits per heavy atom. The van der Waals surface area contributed by atoms with Crippen molar-refractivity contribution >= 4 is 36.7 Å². The molecule has 1 N–H and O–H groups in total. The van der Waals surface area contributed by atoms with E-state index in [2.05, 4.69) is 10.3 Å². The fourth-order valence-corrected chi connectivity index (χ4v) is 1.83. The van der Waals surface area contributed by atoms with E-state index in [0.717, 1.165) is 5.56 Å². The van der Waals surface area contributed by atoms with E-state index in [-0.39, 0.29) is 18.3 Å². The minimum absolute atomic E-state index is 0. The molecule has 0 aromatic heterocycles. The molecule has 0 saturated carbocycles. The first-order valence-corrected chi connectivity index (χ1v) is 14.4. The van der Waals surface area contributed by atoms with E-state index in [1.807, 2.05) is 13.0 Å². The fourth-order valence-electron chi connectivity index (χ4n) is 1.83. The Balaban J connectivity index is 0.00000123. The van der Waals surface area contributed by atoms with Crippen molar-refractivity contribution in [2.24, 2.45) is 0 Å². The number of hydrogen-bond donors (Lipinski definition) is 1. The maximum atomic E-state index is 12.1. The third-order valence-electron chi connectivity index (χ3n) is 2.92. The van der Waals surface area contributed by atoms with E-state index in [1.54, 1.807) is 36.4 Å². The fraction of sp³-hybridized carbons (Fsp3) is 0.133. The summed E-state index contributed by atoms with van der Waals surface area (Å²) >= 11 is -0.931. The van der Waals surface area contributed by atoms with Crippen LogP contribution in [0.3, 0.4) is 0 Å². The third-order valence-corrected chi connectivity index (χ3v) is 2.92. The van der Waals surface area contributed by atoms with Crippen molar-refractivity contribution in [1.82, 2.24) is 0 Å². The molecule has 0 bridgehead atoms. The summed E-state index contributed by atoms with van der Waals surface area (Å²) in [5.74, 6) is 0.186. The van der Waals surface area contributed by atoms with Gasteiger partial charge in [0.2, 0.25) is 11.1 Å². The molecule has 0 aliphatic carbocycles. The van der Waals surface area contributed by atoms with Crippen LogP contribution in [0.4, 0.5) is 11.4 Å². The normalized spacial score (nSPS) is 8.46. The second kappa shape index (κ2) is 12.1. The van der Waals surface area contributed by atoms with Crippen LogP contribution >= 0.6 is 19.4 Å². The van der Waals surface area contributed by atoms with Gasteiger partial charge in [-0.2, -0.15) is 0 Å². The van der Waals surface area contributed by atoms with Gasteiger partial charge in [-0.05, 0) is 24.6 Å². The van der Waals surface area contributed by atoms with E-state index in [4.69, 9.17) is 29.5 Å². The summed E-state index contributed by atoms with van der Waals surface area (Å²) in [6.45, 7) is 1.81. The average Bonchev–Trinajstić information content (AvgIpc) is 2.57. The van der Waals surface area contributed by atoms with Crippen molar-refractivity contribution in [3.05, 3.63) is 58.6 Å². The molecule has 0 aliphatic rings. The van der Waals surface area contributed by atoms with Gasteiger partial charge in [0.15, 0.2) is 4.98 Å². The molecule has 0 aliphatic heterocycles. The number of aryl methyl sites for hydroxylation is 1. The number of ether oxygens (including phenoxy) is 1. The quantitative estimate of drug-likeness (QED) is 0.588. The Morgan fingerprint density at radius 3 is 2.33 bits per heavy atom. The number of nitrogens with one attached hydrogen (secondary N) is 1. The predicted octanol–water partition coefficient (Wildman–Crippen LogP) is 2.12. The number of hydrogen-bond acceptors (Lipinski definition) is 3. The van der Waals surface area contributed by atoms with Gasteiger partial charge < -0.3 is 22.5 Å². The van der Waals surface area contributed by atoms with E-state index in [1.165, 1.54) is 7.11 Å². The van der Waals surface area contributed by atoms with Crippen molar-refractivity contribution in [2.45, 2.75) is 6.92 Å². The first-order chi connectivity index (χ1) is 11.1. The van der Waals surface area contributed by atoms with Gasteiger partial charge in [0.05, 0.1) is 7.11 Å². The number of carbonyl (C=O) groups excluding carboxylic acids is 1. The zero-order valence-electron chi connectivity index (χ0n) is 13.1. The first kappa shape index (κ1) is 22.6. The monoisotopic (exact) mass is 437 g/mol. The number of amides is 1. The van der Waals surface area contributed by atoms with Crippen molar-refractivity contribution in [1.29, 1.82) is 5.39 Å². The van der Waals surface area contributed by atoms with Crippen LogP contribution in [0.5, 0.6) is 5.75 Å². The third kappa shape index (κ3) is 6.62. The zero-order valence-corrected chi connectivity index (χ0v) is 18.3. The second-order valence-electron chi connectivity index (χ2n) is 4.36. The number of anilines is 1. The number of benzene rings is 2. The number of halogens is 3. The second-order valence-corrected chi connectivity index (χ2v) is 8.98. The molecule has 0 saturated heterocycles. The van der Waals surface area contributed by atoms with Gasteiger partial charge in [-0.25, -0.2) is 0 Å². The topological polar surface area (TPSA) is 66.5 Å².